The van der Waals surface area contributed by atoms with Gasteiger partial charge in [0.15, 0.2) is 0 Å². The summed E-state index contributed by atoms with van der Waals surface area (Å²) in [6.45, 7) is 1.71. The van der Waals surface area contributed by atoms with E-state index < -0.39 is 52.9 Å². The van der Waals surface area contributed by atoms with Gasteiger partial charge in [0.05, 0.1) is 17.2 Å². The van der Waals surface area contributed by atoms with Gasteiger partial charge < -0.3 is 10.6 Å². The monoisotopic (exact) mass is 508 g/mol. The molecule has 2 N–H and O–H groups in total. The van der Waals surface area contributed by atoms with Gasteiger partial charge >= 0.3 is 12.4 Å². The Morgan fingerprint density at radius 3 is 1.75 bits per heavy atom. The van der Waals surface area contributed by atoms with Crippen molar-refractivity contribution in [3.8, 4) is 0 Å². The lowest BCUT2D eigenvalue weighted by molar-refractivity contribution is -0.143. The summed E-state index contributed by atoms with van der Waals surface area (Å²) in [5.74, 6) is -1.89. The maximum absolute atomic E-state index is 13.2. The topological polar surface area (TPSA) is 58.2 Å². The summed E-state index contributed by atoms with van der Waals surface area (Å²) in [6, 6.07) is 16.2. The number of hydrogen-bond donors (Lipinski definition) is 2. The third-order valence-corrected chi connectivity index (χ3v) is 5.41. The average Bonchev–Trinajstić information content (AvgIpc) is 2.83. The third kappa shape index (κ3) is 7.10. The molecule has 10 heteroatoms. The smallest absolute Gasteiger partial charge is 0.348 e. The summed E-state index contributed by atoms with van der Waals surface area (Å²) in [5, 5.41) is 5.04. The summed E-state index contributed by atoms with van der Waals surface area (Å²) < 4.78 is 79.3. The van der Waals surface area contributed by atoms with E-state index in [1.807, 2.05) is 0 Å². The van der Waals surface area contributed by atoms with Crippen molar-refractivity contribution >= 4 is 11.8 Å². The molecule has 0 fully saturated rings. The molecule has 0 aromatic heterocycles. The second-order valence-corrected chi connectivity index (χ2v) is 8.15. The van der Waals surface area contributed by atoms with Crippen molar-refractivity contribution in [2.75, 3.05) is 0 Å². The van der Waals surface area contributed by atoms with E-state index in [1.165, 1.54) is 0 Å². The van der Waals surface area contributed by atoms with Crippen LogP contribution in [0, 0.1) is 0 Å². The molecular weight excluding hydrogens is 486 g/mol. The number of hydrogen-bond acceptors (Lipinski definition) is 2. The van der Waals surface area contributed by atoms with E-state index in [4.69, 9.17) is 0 Å². The Kier molecular flexibility index (Phi) is 8.07. The van der Waals surface area contributed by atoms with E-state index in [-0.39, 0.29) is 12.5 Å². The third-order valence-electron chi connectivity index (χ3n) is 5.41. The zero-order valence-electron chi connectivity index (χ0n) is 19.0. The summed E-state index contributed by atoms with van der Waals surface area (Å²) in [6.07, 6.45) is -10.3. The van der Waals surface area contributed by atoms with Gasteiger partial charge in [0, 0.05) is 12.0 Å². The minimum Gasteiger partial charge on any atom is -0.348 e. The van der Waals surface area contributed by atoms with E-state index >= 15 is 0 Å². The Labute approximate surface area is 203 Å². The van der Waals surface area contributed by atoms with Crippen LogP contribution in [-0.2, 0) is 23.6 Å². The van der Waals surface area contributed by atoms with Crippen LogP contribution in [0.15, 0.2) is 78.9 Å². The molecule has 0 saturated carbocycles. The van der Waals surface area contributed by atoms with Crippen LogP contribution in [0.4, 0.5) is 26.3 Å². The number of rotatable bonds is 7. The highest BCUT2D eigenvalue weighted by atomic mass is 19.4. The zero-order chi connectivity index (χ0) is 26.5. The molecule has 0 aliphatic rings. The van der Waals surface area contributed by atoms with Crippen molar-refractivity contribution in [3.63, 3.8) is 0 Å². The molecule has 4 nitrogen and oxygen atoms in total. The molecule has 3 rings (SSSR count). The van der Waals surface area contributed by atoms with Crippen LogP contribution >= 0.6 is 0 Å². The van der Waals surface area contributed by atoms with Crippen LogP contribution < -0.4 is 10.6 Å². The normalized spacial score (nSPS) is 13.5. The van der Waals surface area contributed by atoms with Crippen LogP contribution in [0.2, 0.25) is 0 Å². The van der Waals surface area contributed by atoms with Gasteiger partial charge in [-0.05, 0) is 36.2 Å². The highest BCUT2D eigenvalue weighted by molar-refractivity contribution is 5.98. The molecule has 2 atom stereocenters. The molecule has 0 saturated heterocycles. The minimum atomic E-state index is -5.11. The van der Waals surface area contributed by atoms with Gasteiger partial charge in [0.25, 0.3) is 5.91 Å². The lowest BCUT2D eigenvalue weighted by Gasteiger charge is -2.22. The molecule has 0 spiro atoms. The summed E-state index contributed by atoms with van der Waals surface area (Å²) in [5.41, 5.74) is -2.71. The minimum absolute atomic E-state index is 0.0367. The highest BCUT2D eigenvalue weighted by Gasteiger charge is 2.38. The van der Waals surface area contributed by atoms with Crippen LogP contribution in [0.1, 0.15) is 45.6 Å². The lowest BCUT2D eigenvalue weighted by Crippen LogP contribution is -2.48. The molecule has 3 aromatic rings. The van der Waals surface area contributed by atoms with Gasteiger partial charge in [0.1, 0.15) is 6.04 Å². The van der Waals surface area contributed by atoms with E-state index in [2.05, 4.69) is 10.6 Å². The fourth-order valence-electron chi connectivity index (χ4n) is 3.53. The molecule has 0 aliphatic heterocycles. The summed E-state index contributed by atoms with van der Waals surface area (Å²) in [4.78, 5) is 25.9. The van der Waals surface area contributed by atoms with Crippen molar-refractivity contribution in [2.45, 2.75) is 37.8 Å². The Hall–Kier alpha value is -3.82. The predicted molar refractivity (Wildman–Crippen MR) is 121 cm³/mol. The number of nitrogens with one attached hydrogen (secondary N) is 2. The summed E-state index contributed by atoms with van der Waals surface area (Å²) >= 11 is 0. The Balaban J connectivity index is 1.90. The first-order valence-electron chi connectivity index (χ1n) is 10.8. The molecule has 2 unspecified atom stereocenters. The number of halogens is 6. The lowest BCUT2D eigenvalue weighted by atomic mass is 10.0. The van der Waals surface area contributed by atoms with Crippen molar-refractivity contribution in [2.24, 2.45) is 0 Å². The maximum atomic E-state index is 13.2. The molecule has 0 radical (unpaired) electrons. The van der Waals surface area contributed by atoms with Gasteiger partial charge in [-0.1, -0.05) is 60.7 Å². The second kappa shape index (κ2) is 10.8. The first-order chi connectivity index (χ1) is 16.8. The molecule has 3 aromatic carbocycles. The molecular formula is C26H22F6N2O2. The van der Waals surface area contributed by atoms with E-state index in [0.717, 1.165) is 5.56 Å². The van der Waals surface area contributed by atoms with Crippen molar-refractivity contribution in [3.05, 3.63) is 107 Å². The summed E-state index contributed by atoms with van der Waals surface area (Å²) in [7, 11) is 0. The highest BCUT2D eigenvalue weighted by Crippen LogP contribution is 2.36. The van der Waals surface area contributed by atoms with Crippen molar-refractivity contribution in [1.82, 2.24) is 10.6 Å². The van der Waals surface area contributed by atoms with Crippen LogP contribution in [0.5, 0.6) is 0 Å². The zero-order valence-corrected chi connectivity index (χ0v) is 19.0. The van der Waals surface area contributed by atoms with Crippen molar-refractivity contribution < 1.29 is 35.9 Å². The predicted octanol–water partition coefficient (Wildman–Crippen LogP) is 5.94. The first kappa shape index (κ1) is 26.8. The quantitative estimate of drug-likeness (QED) is 0.388. The van der Waals surface area contributed by atoms with Gasteiger partial charge in [-0.2, -0.15) is 26.3 Å². The van der Waals surface area contributed by atoms with E-state index in [0.29, 0.717) is 17.7 Å². The standard InChI is InChI=1S/C26H22F6N2O2/c1-16(18-10-6-3-7-11-18)33-24(36)22(12-17-8-4-2-5-9-17)34-23(35)19-13-20(25(27,28)29)15-21(14-19)26(30,31)32/h2-11,13-16,22H,12H2,1H3,(H,33,36)(H,34,35). The molecule has 0 heterocycles. The number of amides is 2. The van der Waals surface area contributed by atoms with Gasteiger partial charge in [-0.3, -0.25) is 9.59 Å². The Morgan fingerprint density at radius 1 is 0.750 bits per heavy atom. The molecule has 0 bridgehead atoms. The maximum Gasteiger partial charge on any atom is 0.416 e. The Bertz CT molecular complexity index is 1160. The largest absolute Gasteiger partial charge is 0.416 e. The SMILES string of the molecule is CC(NC(=O)C(Cc1ccccc1)NC(=O)c1cc(C(F)(F)F)cc(C(F)(F)F)c1)c1ccccc1. The van der Waals surface area contributed by atoms with E-state index in [9.17, 15) is 35.9 Å². The molecule has 190 valence electrons. The fourth-order valence-corrected chi connectivity index (χ4v) is 3.53. The van der Waals surface area contributed by atoms with Gasteiger partial charge in [-0.15, -0.1) is 0 Å². The van der Waals surface area contributed by atoms with E-state index in [1.54, 1.807) is 67.6 Å². The second-order valence-electron chi connectivity index (χ2n) is 8.15. The number of benzene rings is 3. The number of alkyl halides is 6. The number of carbonyl (C=O) groups is 2. The average molecular weight is 508 g/mol. The molecule has 0 aliphatic carbocycles. The van der Waals surface area contributed by atoms with Gasteiger partial charge in [0.2, 0.25) is 5.91 Å². The first-order valence-corrected chi connectivity index (χ1v) is 10.8. The van der Waals surface area contributed by atoms with Crippen LogP contribution in [0.25, 0.3) is 0 Å². The Morgan fingerprint density at radius 2 is 1.25 bits per heavy atom. The van der Waals surface area contributed by atoms with Crippen molar-refractivity contribution in [1.29, 1.82) is 0 Å². The molecule has 36 heavy (non-hydrogen) atoms. The van der Waals surface area contributed by atoms with Gasteiger partial charge in [-0.25, -0.2) is 0 Å². The van der Waals surface area contributed by atoms with Crippen LogP contribution in [0.3, 0.4) is 0 Å². The fraction of sp³-hybridized carbons (Fsp3) is 0.231. The van der Waals surface area contributed by atoms with Crippen LogP contribution in [-0.4, -0.2) is 17.9 Å². The number of carbonyl (C=O) groups excluding carboxylic acids is 2. The molecule has 2 amide bonds.